The number of anilines is 1. The predicted octanol–water partition coefficient (Wildman–Crippen LogP) is 5.03. The molecule has 3 aromatic rings. The topological polar surface area (TPSA) is 51.2 Å². The van der Waals surface area contributed by atoms with Gasteiger partial charge < -0.3 is 4.74 Å². The largest absolute Gasteiger partial charge is 0.497 e. The summed E-state index contributed by atoms with van der Waals surface area (Å²) in [7, 11) is 1.62. The summed E-state index contributed by atoms with van der Waals surface area (Å²) in [5, 5.41) is 5.34. The molecule has 0 saturated heterocycles. The molecule has 3 rings (SSSR count). The van der Waals surface area contributed by atoms with Crippen LogP contribution in [0.2, 0.25) is 0 Å². The van der Waals surface area contributed by atoms with Crippen molar-refractivity contribution in [3.05, 3.63) is 71.1 Å². The van der Waals surface area contributed by atoms with Crippen LogP contribution in [0.25, 0.3) is 17.3 Å². The first-order valence-electron chi connectivity index (χ1n) is 8.36. The van der Waals surface area contributed by atoms with Crippen molar-refractivity contribution < 1.29 is 9.53 Å². The fraction of sp³-hybridized carbons (Fsp3) is 0.143. The molecule has 132 valence electrons. The second-order valence-electron chi connectivity index (χ2n) is 5.68. The van der Waals surface area contributed by atoms with Crippen molar-refractivity contribution >= 4 is 28.5 Å². The van der Waals surface area contributed by atoms with Gasteiger partial charge in [0, 0.05) is 17.0 Å². The zero-order chi connectivity index (χ0) is 18.4. The molecule has 0 saturated carbocycles. The third-order valence-electron chi connectivity index (χ3n) is 3.94. The molecular formula is C21H20N2O2S. The van der Waals surface area contributed by atoms with E-state index in [0.29, 0.717) is 5.13 Å². The first-order chi connectivity index (χ1) is 12.7. The van der Waals surface area contributed by atoms with Gasteiger partial charge in [0.1, 0.15) is 5.75 Å². The second kappa shape index (κ2) is 8.45. The van der Waals surface area contributed by atoms with E-state index < -0.39 is 0 Å². The number of carbonyl (C=O) groups excluding carboxylic acids is 1. The summed E-state index contributed by atoms with van der Waals surface area (Å²) in [4.78, 5) is 16.6. The molecule has 1 heterocycles. The third kappa shape index (κ3) is 4.58. The molecule has 1 N–H and O–H groups in total. The molecule has 5 heteroatoms. The molecule has 1 aromatic heterocycles. The molecule has 0 fully saturated rings. The van der Waals surface area contributed by atoms with E-state index in [4.69, 9.17) is 4.74 Å². The lowest BCUT2D eigenvalue weighted by atomic mass is 10.1. The van der Waals surface area contributed by atoms with E-state index in [1.807, 2.05) is 29.6 Å². The molecule has 0 aliphatic carbocycles. The molecule has 0 unspecified atom stereocenters. The molecule has 0 aliphatic rings. The number of methoxy groups -OCH3 is 1. The number of benzene rings is 2. The van der Waals surface area contributed by atoms with Crippen molar-refractivity contribution in [3.63, 3.8) is 0 Å². The molecule has 2 aromatic carbocycles. The minimum Gasteiger partial charge on any atom is -0.497 e. The van der Waals surface area contributed by atoms with Crippen LogP contribution in [0.4, 0.5) is 5.13 Å². The van der Waals surface area contributed by atoms with Crippen molar-refractivity contribution in [3.8, 4) is 17.0 Å². The molecule has 26 heavy (non-hydrogen) atoms. The number of carbonyl (C=O) groups is 1. The van der Waals surface area contributed by atoms with Gasteiger partial charge in [0.25, 0.3) is 0 Å². The Kier molecular flexibility index (Phi) is 5.81. The Labute approximate surface area is 157 Å². The van der Waals surface area contributed by atoms with Gasteiger partial charge in [-0.1, -0.05) is 43.3 Å². The highest BCUT2D eigenvalue weighted by atomic mass is 32.1. The van der Waals surface area contributed by atoms with Crippen LogP contribution in [0, 0.1) is 0 Å². The number of nitrogens with zero attached hydrogens (tertiary/aromatic N) is 1. The molecule has 4 nitrogen and oxygen atoms in total. The number of aromatic nitrogens is 1. The van der Waals surface area contributed by atoms with E-state index in [2.05, 4.69) is 41.5 Å². The van der Waals surface area contributed by atoms with Crippen molar-refractivity contribution in [2.24, 2.45) is 0 Å². The van der Waals surface area contributed by atoms with E-state index in [9.17, 15) is 4.79 Å². The van der Waals surface area contributed by atoms with Crippen molar-refractivity contribution in [1.82, 2.24) is 4.98 Å². The third-order valence-corrected chi connectivity index (χ3v) is 4.69. The van der Waals surface area contributed by atoms with Gasteiger partial charge in [-0.15, -0.1) is 11.3 Å². The smallest absolute Gasteiger partial charge is 0.250 e. The maximum atomic E-state index is 12.1. The lowest BCUT2D eigenvalue weighted by Gasteiger charge is -2.00. The van der Waals surface area contributed by atoms with E-state index in [1.165, 1.54) is 23.0 Å². The Hall–Kier alpha value is -2.92. The average molecular weight is 364 g/mol. The number of hydrogen-bond donors (Lipinski definition) is 1. The SMILES string of the molecule is CCc1ccc(-c2csc(NC(=O)/C=C/c3ccc(OC)cc3)n2)cc1. The first kappa shape index (κ1) is 17.9. The number of amides is 1. The minimum atomic E-state index is -0.206. The fourth-order valence-electron chi connectivity index (χ4n) is 2.41. The van der Waals surface area contributed by atoms with Crippen molar-refractivity contribution in [2.75, 3.05) is 12.4 Å². The highest BCUT2D eigenvalue weighted by molar-refractivity contribution is 7.14. The van der Waals surface area contributed by atoms with Crippen LogP contribution in [0.1, 0.15) is 18.1 Å². The number of thiazole rings is 1. The average Bonchev–Trinajstić information content (AvgIpc) is 3.15. The zero-order valence-corrected chi connectivity index (χ0v) is 15.5. The molecule has 0 spiro atoms. The Morgan fingerprint density at radius 2 is 1.88 bits per heavy atom. The van der Waals surface area contributed by atoms with Gasteiger partial charge in [0.05, 0.1) is 12.8 Å². The van der Waals surface area contributed by atoms with E-state index >= 15 is 0 Å². The van der Waals surface area contributed by atoms with Crippen LogP contribution in [0.3, 0.4) is 0 Å². The quantitative estimate of drug-likeness (QED) is 0.624. The van der Waals surface area contributed by atoms with Gasteiger partial charge >= 0.3 is 0 Å². The summed E-state index contributed by atoms with van der Waals surface area (Å²) >= 11 is 1.42. The van der Waals surface area contributed by atoms with Gasteiger partial charge in [-0.25, -0.2) is 4.98 Å². The van der Waals surface area contributed by atoms with Crippen LogP contribution < -0.4 is 10.1 Å². The summed E-state index contributed by atoms with van der Waals surface area (Å²) < 4.78 is 5.12. The Morgan fingerprint density at radius 1 is 1.15 bits per heavy atom. The number of hydrogen-bond acceptors (Lipinski definition) is 4. The minimum absolute atomic E-state index is 0.206. The lowest BCUT2D eigenvalue weighted by Crippen LogP contribution is -2.07. The van der Waals surface area contributed by atoms with Crippen LogP contribution in [0.5, 0.6) is 5.75 Å². The molecule has 0 atom stereocenters. The van der Waals surface area contributed by atoms with Crippen LogP contribution in [0.15, 0.2) is 60.0 Å². The second-order valence-corrected chi connectivity index (χ2v) is 6.54. The maximum Gasteiger partial charge on any atom is 0.250 e. The first-order valence-corrected chi connectivity index (χ1v) is 9.24. The summed E-state index contributed by atoms with van der Waals surface area (Å²) in [6, 6.07) is 15.8. The van der Waals surface area contributed by atoms with Gasteiger partial charge in [-0.2, -0.15) is 0 Å². The van der Waals surface area contributed by atoms with E-state index in [-0.39, 0.29) is 5.91 Å². The number of nitrogens with one attached hydrogen (secondary N) is 1. The molecular weight excluding hydrogens is 344 g/mol. The monoisotopic (exact) mass is 364 g/mol. The Morgan fingerprint density at radius 3 is 2.54 bits per heavy atom. The van der Waals surface area contributed by atoms with Crippen LogP contribution in [-0.2, 0) is 11.2 Å². The molecule has 0 bridgehead atoms. The van der Waals surface area contributed by atoms with Gasteiger partial charge in [0.2, 0.25) is 5.91 Å². The standard InChI is InChI=1S/C21H20N2O2S/c1-3-15-4-9-17(10-5-15)19-14-26-21(22-19)23-20(24)13-8-16-6-11-18(25-2)12-7-16/h4-14H,3H2,1-2H3,(H,22,23,24)/b13-8+. The number of rotatable bonds is 6. The Balaban J connectivity index is 1.62. The summed E-state index contributed by atoms with van der Waals surface area (Å²) in [6.07, 6.45) is 4.27. The van der Waals surface area contributed by atoms with Crippen molar-refractivity contribution in [2.45, 2.75) is 13.3 Å². The van der Waals surface area contributed by atoms with Gasteiger partial charge in [0.15, 0.2) is 5.13 Å². The molecule has 0 radical (unpaired) electrons. The summed E-state index contributed by atoms with van der Waals surface area (Å²) in [5.74, 6) is 0.580. The number of aryl methyl sites for hydroxylation is 1. The molecule has 1 amide bonds. The summed E-state index contributed by atoms with van der Waals surface area (Å²) in [5.41, 5.74) is 4.14. The Bertz CT molecular complexity index is 897. The zero-order valence-electron chi connectivity index (χ0n) is 14.7. The fourth-order valence-corrected chi connectivity index (χ4v) is 3.13. The highest BCUT2D eigenvalue weighted by Gasteiger charge is 2.06. The number of ether oxygens (including phenoxy) is 1. The summed E-state index contributed by atoms with van der Waals surface area (Å²) in [6.45, 7) is 2.13. The van der Waals surface area contributed by atoms with Gasteiger partial charge in [-0.05, 0) is 35.8 Å². The maximum absolute atomic E-state index is 12.1. The molecule has 0 aliphatic heterocycles. The van der Waals surface area contributed by atoms with E-state index in [1.54, 1.807) is 13.2 Å². The van der Waals surface area contributed by atoms with E-state index in [0.717, 1.165) is 29.0 Å². The lowest BCUT2D eigenvalue weighted by molar-refractivity contribution is -0.111. The van der Waals surface area contributed by atoms with Crippen LogP contribution >= 0.6 is 11.3 Å². The highest BCUT2D eigenvalue weighted by Crippen LogP contribution is 2.25. The van der Waals surface area contributed by atoms with Crippen molar-refractivity contribution in [1.29, 1.82) is 0 Å². The normalized spacial score (nSPS) is 10.8. The van der Waals surface area contributed by atoms with Gasteiger partial charge in [-0.3, -0.25) is 10.1 Å². The van der Waals surface area contributed by atoms with Crippen LogP contribution in [-0.4, -0.2) is 18.0 Å². The predicted molar refractivity (Wildman–Crippen MR) is 108 cm³/mol.